The van der Waals surface area contributed by atoms with Crippen LogP contribution in [0.15, 0.2) is 48.6 Å². The number of unbranched alkanes of at least 4 members (excludes halogenated alkanes) is 30. The molecule has 0 aromatic rings. The Morgan fingerprint density at radius 3 is 1.32 bits per heavy atom. The fourth-order valence-electron chi connectivity index (χ4n) is 7.38. The molecule has 344 valence electrons. The van der Waals surface area contributed by atoms with Crippen molar-refractivity contribution in [3.63, 3.8) is 0 Å². The average Bonchev–Trinajstić information content (AvgIpc) is 3.24. The number of nitrogens with one attached hydrogen (secondary N) is 1. The van der Waals surface area contributed by atoms with E-state index in [1.165, 1.54) is 148 Å². The summed E-state index contributed by atoms with van der Waals surface area (Å²) in [6.45, 7) is 4.81. The van der Waals surface area contributed by atoms with Crippen molar-refractivity contribution >= 4 is 11.9 Å². The van der Waals surface area contributed by atoms with E-state index in [-0.39, 0.29) is 18.5 Å². The predicted molar refractivity (Wildman–Crippen MR) is 255 cm³/mol. The van der Waals surface area contributed by atoms with E-state index >= 15 is 0 Å². The molecular weight excluding hydrogens is 731 g/mol. The third kappa shape index (κ3) is 45.2. The molecule has 0 rings (SSSR count). The summed E-state index contributed by atoms with van der Waals surface area (Å²) in [5, 5.41) is 23.0. The molecule has 6 nitrogen and oxygen atoms in total. The Morgan fingerprint density at radius 1 is 0.475 bits per heavy atom. The maximum Gasteiger partial charge on any atom is 0.305 e. The van der Waals surface area contributed by atoms with Crippen LogP contribution in [0, 0.1) is 0 Å². The lowest BCUT2D eigenvalue weighted by Gasteiger charge is -2.20. The summed E-state index contributed by atoms with van der Waals surface area (Å²) in [7, 11) is 0. The Balaban J connectivity index is 3.58. The topological polar surface area (TPSA) is 95.9 Å². The number of aliphatic hydroxyl groups excluding tert-OH is 2. The SMILES string of the molecule is CCCCCC/C=C\CCCCCCCC(=O)OCCCCC/C=C\C=C/CCCCCCCCC(=O)NC(CO)C(O)/C=C/CCCCCCCCCCCCCC. The number of hydrogen-bond donors (Lipinski definition) is 3. The first-order valence-electron chi connectivity index (χ1n) is 25.4. The number of esters is 1. The molecule has 0 aliphatic carbocycles. The number of hydrogen-bond acceptors (Lipinski definition) is 5. The molecule has 0 saturated heterocycles. The number of allylic oxidation sites excluding steroid dienone is 7. The molecule has 0 spiro atoms. The van der Waals surface area contributed by atoms with E-state index in [9.17, 15) is 19.8 Å². The molecular formula is C53H97NO5. The first-order valence-corrected chi connectivity index (χ1v) is 25.4. The molecule has 1 amide bonds. The highest BCUT2D eigenvalue weighted by Gasteiger charge is 2.18. The zero-order chi connectivity index (χ0) is 43.0. The molecule has 0 heterocycles. The van der Waals surface area contributed by atoms with E-state index in [1.807, 2.05) is 6.08 Å². The van der Waals surface area contributed by atoms with Crippen LogP contribution in [0.3, 0.4) is 0 Å². The van der Waals surface area contributed by atoms with Crippen molar-refractivity contribution in [2.45, 2.75) is 264 Å². The lowest BCUT2D eigenvalue weighted by molar-refractivity contribution is -0.143. The standard InChI is InChI=1S/C53H97NO5/c1-3-5-7-9-11-13-15-17-22-25-29-33-37-41-45-51(56)50(49-55)54-52(57)46-42-38-34-30-26-23-19-18-20-24-28-32-36-40-44-48-59-53(58)47-43-39-35-31-27-21-16-14-12-10-8-6-4-2/h14,16,18,20,24,28,41,45,50-51,55-56H,3-13,15,17,19,21-23,25-27,29-40,42-44,46-49H2,1-2H3,(H,54,57)/b16-14-,20-18-,28-24-,45-41+. The van der Waals surface area contributed by atoms with Crippen molar-refractivity contribution in [3.05, 3.63) is 48.6 Å². The summed E-state index contributed by atoms with van der Waals surface area (Å²) in [6, 6.07) is -0.645. The van der Waals surface area contributed by atoms with Crippen LogP contribution >= 0.6 is 0 Å². The van der Waals surface area contributed by atoms with E-state index in [0.29, 0.717) is 19.4 Å². The summed E-state index contributed by atoms with van der Waals surface area (Å²) in [5.41, 5.74) is 0. The molecule has 2 atom stereocenters. The Morgan fingerprint density at radius 2 is 0.847 bits per heavy atom. The highest BCUT2D eigenvalue weighted by atomic mass is 16.5. The van der Waals surface area contributed by atoms with Gasteiger partial charge in [-0.3, -0.25) is 9.59 Å². The second-order valence-electron chi connectivity index (χ2n) is 17.2. The molecule has 0 aromatic heterocycles. The molecule has 0 radical (unpaired) electrons. The molecule has 0 fully saturated rings. The van der Waals surface area contributed by atoms with Gasteiger partial charge >= 0.3 is 5.97 Å². The summed E-state index contributed by atoms with van der Waals surface area (Å²) < 4.78 is 5.42. The lowest BCUT2D eigenvalue weighted by atomic mass is 10.0. The van der Waals surface area contributed by atoms with Crippen LogP contribution in [0.4, 0.5) is 0 Å². The van der Waals surface area contributed by atoms with Crippen molar-refractivity contribution in [3.8, 4) is 0 Å². The smallest absolute Gasteiger partial charge is 0.305 e. The number of amides is 1. The molecule has 2 unspecified atom stereocenters. The minimum Gasteiger partial charge on any atom is -0.466 e. The largest absolute Gasteiger partial charge is 0.466 e. The van der Waals surface area contributed by atoms with Crippen LogP contribution in [0.2, 0.25) is 0 Å². The maximum atomic E-state index is 12.4. The minimum atomic E-state index is -0.859. The molecule has 59 heavy (non-hydrogen) atoms. The van der Waals surface area contributed by atoms with Gasteiger partial charge in [0.1, 0.15) is 0 Å². The quantitative estimate of drug-likeness (QED) is 0.0246. The molecule has 0 bridgehead atoms. The Labute approximate surface area is 366 Å². The van der Waals surface area contributed by atoms with Crippen LogP contribution in [0.25, 0.3) is 0 Å². The van der Waals surface area contributed by atoms with Gasteiger partial charge in [0.2, 0.25) is 5.91 Å². The van der Waals surface area contributed by atoms with Crippen LogP contribution < -0.4 is 5.32 Å². The van der Waals surface area contributed by atoms with E-state index in [2.05, 4.69) is 55.6 Å². The summed E-state index contributed by atoms with van der Waals surface area (Å²) in [4.78, 5) is 24.4. The van der Waals surface area contributed by atoms with Gasteiger partial charge in [0.15, 0.2) is 0 Å². The molecule has 0 aliphatic rings. The van der Waals surface area contributed by atoms with E-state index in [1.54, 1.807) is 6.08 Å². The molecule has 6 heteroatoms. The minimum absolute atomic E-state index is 0.0331. The number of ether oxygens (including phenoxy) is 1. The Bertz CT molecular complexity index is 1000. The molecule has 0 aliphatic heterocycles. The van der Waals surface area contributed by atoms with Crippen molar-refractivity contribution in [2.75, 3.05) is 13.2 Å². The Kier molecular flexibility index (Phi) is 46.7. The second kappa shape index (κ2) is 48.5. The van der Waals surface area contributed by atoms with Gasteiger partial charge in [-0.05, 0) is 89.9 Å². The van der Waals surface area contributed by atoms with Crippen LogP contribution in [0.5, 0.6) is 0 Å². The monoisotopic (exact) mass is 828 g/mol. The highest BCUT2D eigenvalue weighted by Crippen LogP contribution is 2.14. The predicted octanol–water partition coefficient (Wildman–Crippen LogP) is 15.1. The van der Waals surface area contributed by atoms with Gasteiger partial charge in [-0.2, -0.15) is 0 Å². The zero-order valence-corrected chi connectivity index (χ0v) is 39.0. The van der Waals surface area contributed by atoms with Crippen molar-refractivity contribution < 1.29 is 24.5 Å². The van der Waals surface area contributed by atoms with Crippen molar-refractivity contribution in [1.29, 1.82) is 0 Å². The van der Waals surface area contributed by atoms with Gasteiger partial charge in [-0.25, -0.2) is 0 Å². The molecule has 0 saturated carbocycles. The number of aliphatic hydroxyl groups is 2. The van der Waals surface area contributed by atoms with E-state index in [4.69, 9.17) is 4.74 Å². The normalized spacial score (nSPS) is 13.1. The van der Waals surface area contributed by atoms with Gasteiger partial charge in [0, 0.05) is 12.8 Å². The number of carbonyl (C=O) groups is 2. The van der Waals surface area contributed by atoms with Crippen molar-refractivity contribution in [1.82, 2.24) is 5.32 Å². The van der Waals surface area contributed by atoms with Gasteiger partial charge in [-0.1, -0.05) is 197 Å². The highest BCUT2D eigenvalue weighted by molar-refractivity contribution is 5.76. The molecule has 0 aromatic carbocycles. The average molecular weight is 828 g/mol. The Hall–Kier alpha value is -2.18. The van der Waals surface area contributed by atoms with Gasteiger partial charge in [0.05, 0.1) is 25.4 Å². The number of rotatable bonds is 46. The second-order valence-corrected chi connectivity index (χ2v) is 17.2. The fraction of sp³-hybridized carbons (Fsp3) is 0.811. The fourth-order valence-corrected chi connectivity index (χ4v) is 7.38. The third-order valence-electron chi connectivity index (χ3n) is 11.3. The van der Waals surface area contributed by atoms with Gasteiger partial charge in [-0.15, -0.1) is 0 Å². The first-order chi connectivity index (χ1) is 29.0. The van der Waals surface area contributed by atoms with E-state index < -0.39 is 12.1 Å². The van der Waals surface area contributed by atoms with Crippen LogP contribution in [0.1, 0.15) is 251 Å². The first kappa shape index (κ1) is 56.8. The number of carbonyl (C=O) groups excluding carboxylic acids is 2. The van der Waals surface area contributed by atoms with Gasteiger partial charge < -0.3 is 20.3 Å². The van der Waals surface area contributed by atoms with Crippen molar-refractivity contribution in [2.24, 2.45) is 0 Å². The maximum absolute atomic E-state index is 12.4. The summed E-state index contributed by atoms with van der Waals surface area (Å²) in [6.07, 6.45) is 59.6. The summed E-state index contributed by atoms with van der Waals surface area (Å²) >= 11 is 0. The molecule has 3 N–H and O–H groups in total. The van der Waals surface area contributed by atoms with Crippen LogP contribution in [-0.4, -0.2) is 47.4 Å². The lowest BCUT2D eigenvalue weighted by Crippen LogP contribution is -2.45. The third-order valence-corrected chi connectivity index (χ3v) is 11.3. The summed E-state index contributed by atoms with van der Waals surface area (Å²) in [5.74, 6) is -0.125. The van der Waals surface area contributed by atoms with Gasteiger partial charge in [0.25, 0.3) is 0 Å². The van der Waals surface area contributed by atoms with Crippen LogP contribution in [-0.2, 0) is 14.3 Å². The van der Waals surface area contributed by atoms with E-state index in [0.717, 1.165) is 77.0 Å². The zero-order valence-electron chi connectivity index (χ0n) is 39.0.